The highest BCUT2D eigenvalue weighted by atomic mass is 35.5. The van der Waals surface area contributed by atoms with E-state index in [1.807, 2.05) is 52.7 Å². The Hall–Kier alpha value is -2.24. The van der Waals surface area contributed by atoms with Gasteiger partial charge in [-0.2, -0.15) is 0 Å². The number of hydrogen-bond donors (Lipinski definition) is 1. The molecule has 0 bridgehead atoms. The molecule has 1 aliphatic heterocycles. The summed E-state index contributed by atoms with van der Waals surface area (Å²) in [5, 5.41) is 6.50. The van der Waals surface area contributed by atoms with Crippen LogP contribution in [0.1, 0.15) is 17.3 Å². The molecule has 1 unspecified atom stereocenters. The number of benzene rings is 1. The van der Waals surface area contributed by atoms with Crippen molar-refractivity contribution >= 4 is 34.0 Å². The second-order valence-corrected chi connectivity index (χ2v) is 7.07. The minimum Gasteiger partial charge on any atom is -0.348 e. The summed E-state index contributed by atoms with van der Waals surface area (Å²) >= 11 is 7.55. The Morgan fingerprint density at radius 1 is 1.12 bits per heavy atom. The van der Waals surface area contributed by atoms with E-state index in [0.717, 1.165) is 22.8 Å². The molecule has 2 amide bonds. The van der Waals surface area contributed by atoms with Gasteiger partial charge >= 0.3 is 6.03 Å². The summed E-state index contributed by atoms with van der Waals surface area (Å²) in [6.45, 7) is 1.45. The first-order valence-electron chi connectivity index (χ1n) is 7.74. The van der Waals surface area contributed by atoms with Crippen molar-refractivity contribution in [1.82, 2.24) is 9.47 Å². The van der Waals surface area contributed by atoms with E-state index in [0.29, 0.717) is 11.6 Å². The van der Waals surface area contributed by atoms with Crippen LogP contribution in [0.25, 0.3) is 0 Å². The van der Waals surface area contributed by atoms with Crippen LogP contribution in [0.4, 0.5) is 9.80 Å². The van der Waals surface area contributed by atoms with Gasteiger partial charge in [0.2, 0.25) is 0 Å². The zero-order valence-electron chi connectivity index (χ0n) is 12.9. The fourth-order valence-electron chi connectivity index (χ4n) is 3.12. The molecule has 1 aromatic carbocycles. The lowest BCUT2D eigenvalue weighted by atomic mass is 10.0. The maximum Gasteiger partial charge on any atom is 0.323 e. The van der Waals surface area contributed by atoms with Gasteiger partial charge in [0.15, 0.2) is 0 Å². The molecule has 2 aromatic heterocycles. The molecule has 4 rings (SSSR count). The van der Waals surface area contributed by atoms with E-state index in [4.69, 9.17) is 11.6 Å². The second-order valence-electron chi connectivity index (χ2n) is 5.68. The van der Waals surface area contributed by atoms with E-state index in [1.165, 1.54) is 11.3 Å². The van der Waals surface area contributed by atoms with Crippen molar-refractivity contribution in [1.29, 1.82) is 0 Å². The number of carbonyl (C=O) groups excluding carboxylic acids is 1. The van der Waals surface area contributed by atoms with Crippen LogP contribution < -0.4 is 5.32 Å². The number of nitrogens with one attached hydrogen (secondary N) is 1. The average Bonchev–Trinajstić information content (AvgIpc) is 3.25. The fraction of sp³-hybridized carbons (Fsp3) is 0.167. The summed E-state index contributed by atoms with van der Waals surface area (Å²) in [6.07, 6.45) is 2.06. The van der Waals surface area contributed by atoms with Crippen molar-refractivity contribution in [3.8, 4) is 0 Å². The number of hydrogen-bond acceptors (Lipinski definition) is 2. The first kappa shape index (κ1) is 15.3. The summed E-state index contributed by atoms with van der Waals surface area (Å²) in [5.74, 6) is 0. The molecule has 1 N–H and O–H groups in total. The summed E-state index contributed by atoms with van der Waals surface area (Å²) in [7, 11) is 0. The highest BCUT2D eigenvalue weighted by molar-refractivity contribution is 7.14. The Bertz CT molecular complexity index is 842. The Balaban J connectivity index is 1.69. The third-order valence-corrected chi connectivity index (χ3v) is 5.27. The average molecular weight is 358 g/mol. The number of aromatic nitrogens is 1. The van der Waals surface area contributed by atoms with Crippen LogP contribution in [0.15, 0.2) is 60.1 Å². The standard InChI is InChI=1S/C18H16ClN3OS/c19-14-7-5-13(6-8-14)17-15-3-1-9-21(15)10-11-22(17)18(23)20-16-4-2-12-24-16/h1-9,12,17H,10-11H2,(H,20,23). The minimum absolute atomic E-state index is 0.0788. The smallest absolute Gasteiger partial charge is 0.323 e. The van der Waals surface area contributed by atoms with Gasteiger partial charge in [0.25, 0.3) is 0 Å². The van der Waals surface area contributed by atoms with Crippen LogP contribution in [0.3, 0.4) is 0 Å². The van der Waals surface area contributed by atoms with Gasteiger partial charge in [0.05, 0.1) is 11.0 Å². The van der Waals surface area contributed by atoms with Crippen molar-refractivity contribution in [2.45, 2.75) is 12.6 Å². The molecular formula is C18H16ClN3OS. The first-order chi connectivity index (χ1) is 11.7. The first-order valence-corrected chi connectivity index (χ1v) is 9.00. The molecule has 4 nitrogen and oxygen atoms in total. The summed E-state index contributed by atoms with van der Waals surface area (Å²) in [5.41, 5.74) is 2.17. The second kappa shape index (κ2) is 6.34. The van der Waals surface area contributed by atoms with E-state index in [9.17, 15) is 4.79 Å². The van der Waals surface area contributed by atoms with E-state index < -0.39 is 0 Å². The zero-order valence-corrected chi connectivity index (χ0v) is 14.4. The molecule has 0 radical (unpaired) electrons. The van der Waals surface area contributed by atoms with Crippen molar-refractivity contribution < 1.29 is 4.79 Å². The fourth-order valence-corrected chi connectivity index (χ4v) is 3.86. The Kier molecular flexibility index (Phi) is 4.04. The third-order valence-electron chi connectivity index (χ3n) is 4.24. The highest BCUT2D eigenvalue weighted by Gasteiger charge is 2.32. The van der Waals surface area contributed by atoms with Crippen molar-refractivity contribution in [2.24, 2.45) is 0 Å². The predicted molar refractivity (Wildman–Crippen MR) is 97.8 cm³/mol. The van der Waals surface area contributed by atoms with Crippen LogP contribution >= 0.6 is 22.9 Å². The zero-order chi connectivity index (χ0) is 16.5. The van der Waals surface area contributed by atoms with Gasteiger partial charge in [-0.3, -0.25) is 5.32 Å². The number of amides is 2. The summed E-state index contributed by atoms with van der Waals surface area (Å²) < 4.78 is 2.20. The molecule has 0 saturated heterocycles. The molecule has 6 heteroatoms. The molecule has 0 spiro atoms. The lowest BCUT2D eigenvalue weighted by Gasteiger charge is -2.37. The van der Waals surface area contributed by atoms with Gasteiger partial charge in [-0.25, -0.2) is 4.79 Å². The summed E-state index contributed by atoms with van der Waals surface area (Å²) in [4.78, 5) is 14.7. The van der Waals surface area contributed by atoms with Crippen LogP contribution in [0.5, 0.6) is 0 Å². The molecular weight excluding hydrogens is 342 g/mol. The van der Waals surface area contributed by atoms with Gasteiger partial charge in [-0.05, 0) is 47.3 Å². The van der Waals surface area contributed by atoms with Crippen molar-refractivity contribution in [3.63, 3.8) is 0 Å². The predicted octanol–water partition coefficient (Wildman–Crippen LogP) is 4.84. The number of nitrogens with zero attached hydrogens (tertiary/aromatic N) is 2. The largest absolute Gasteiger partial charge is 0.348 e. The minimum atomic E-state index is -0.119. The van der Waals surface area contributed by atoms with E-state index in [1.54, 1.807) is 0 Å². The molecule has 24 heavy (non-hydrogen) atoms. The van der Waals surface area contributed by atoms with Gasteiger partial charge in [0, 0.05) is 30.0 Å². The van der Waals surface area contributed by atoms with E-state index in [2.05, 4.69) is 22.1 Å². The normalized spacial score (nSPS) is 16.7. The van der Waals surface area contributed by atoms with E-state index >= 15 is 0 Å². The lowest BCUT2D eigenvalue weighted by Crippen LogP contribution is -2.44. The number of halogens is 1. The topological polar surface area (TPSA) is 37.3 Å². The van der Waals surface area contributed by atoms with Gasteiger partial charge in [0.1, 0.15) is 0 Å². The molecule has 3 aromatic rings. The third kappa shape index (κ3) is 2.81. The molecule has 1 atom stereocenters. The van der Waals surface area contributed by atoms with Gasteiger partial charge in [-0.15, -0.1) is 11.3 Å². The number of urea groups is 1. The number of thiophene rings is 1. The number of rotatable bonds is 2. The maximum atomic E-state index is 12.8. The number of carbonyl (C=O) groups is 1. The van der Waals surface area contributed by atoms with Gasteiger partial charge < -0.3 is 9.47 Å². The molecule has 1 aliphatic rings. The summed E-state index contributed by atoms with van der Waals surface area (Å²) in [6, 6.07) is 15.5. The lowest BCUT2D eigenvalue weighted by molar-refractivity contribution is 0.182. The van der Waals surface area contributed by atoms with E-state index in [-0.39, 0.29) is 12.1 Å². The van der Waals surface area contributed by atoms with Crippen molar-refractivity contribution in [2.75, 3.05) is 11.9 Å². The Morgan fingerprint density at radius 2 is 1.96 bits per heavy atom. The molecule has 0 aliphatic carbocycles. The Morgan fingerprint density at radius 3 is 2.71 bits per heavy atom. The molecule has 122 valence electrons. The number of fused-ring (bicyclic) bond motifs is 1. The van der Waals surface area contributed by atoms with Crippen molar-refractivity contribution in [3.05, 3.63) is 76.4 Å². The highest BCUT2D eigenvalue weighted by Crippen LogP contribution is 2.33. The quantitative estimate of drug-likeness (QED) is 0.700. The van der Waals surface area contributed by atoms with Crippen LogP contribution in [0, 0.1) is 0 Å². The van der Waals surface area contributed by atoms with Crippen LogP contribution in [-0.2, 0) is 6.54 Å². The Labute approximate surface area is 149 Å². The van der Waals surface area contributed by atoms with Crippen LogP contribution in [0.2, 0.25) is 5.02 Å². The van der Waals surface area contributed by atoms with Crippen LogP contribution in [-0.4, -0.2) is 22.0 Å². The maximum absolute atomic E-state index is 12.8. The monoisotopic (exact) mass is 357 g/mol. The molecule has 0 fully saturated rings. The number of anilines is 1. The molecule has 0 saturated carbocycles. The SMILES string of the molecule is O=C(Nc1cccs1)N1CCn2cccc2C1c1ccc(Cl)cc1. The van der Waals surface area contributed by atoms with Gasteiger partial charge in [-0.1, -0.05) is 23.7 Å². The molecule has 3 heterocycles.